The van der Waals surface area contributed by atoms with E-state index in [1.165, 1.54) is 83.5 Å². The molecular formula is C19H40O. The fourth-order valence-electron chi connectivity index (χ4n) is 2.86. The average Bonchev–Trinajstić information content (AvgIpc) is 2.45. The van der Waals surface area contributed by atoms with Gasteiger partial charge in [0.2, 0.25) is 0 Å². The SMILES string of the molecule is CCCCCCCCCCCC(O)C(C)CCCCC. The van der Waals surface area contributed by atoms with Gasteiger partial charge in [0.15, 0.2) is 0 Å². The van der Waals surface area contributed by atoms with Crippen LogP contribution < -0.4 is 0 Å². The Balaban J connectivity index is 3.27. The quantitative estimate of drug-likeness (QED) is 0.341. The van der Waals surface area contributed by atoms with Gasteiger partial charge in [-0.25, -0.2) is 0 Å². The Morgan fingerprint density at radius 2 is 1.00 bits per heavy atom. The maximum atomic E-state index is 10.1. The minimum atomic E-state index is -0.0589. The maximum absolute atomic E-state index is 10.1. The van der Waals surface area contributed by atoms with Crippen LogP contribution in [0.5, 0.6) is 0 Å². The molecule has 0 saturated heterocycles. The second-order valence-corrected chi connectivity index (χ2v) is 6.66. The van der Waals surface area contributed by atoms with Crippen molar-refractivity contribution in [3.63, 3.8) is 0 Å². The van der Waals surface area contributed by atoms with Crippen molar-refractivity contribution in [1.82, 2.24) is 0 Å². The van der Waals surface area contributed by atoms with Gasteiger partial charge in [0, 0.05) is 0 Å². The van der Waals surface area contributed by atoms with Crippen LogP contribution in [0.3, 0.4) is 0 Å². The molecule has 0 saturated carbocycles. The summed E-state index contributed by atoms with van der Waals surface area (Å²) in [7, 11) is 0. The van der Waals surface area contributed by atoms with E-state index in [-0.39, 0.29) is 6.10 Å². The van der Waals surface area contributed by atoms with Gasteiger partial charge in [-0.15, -0.1) is 0 Å². The van der Waals surface area contributed by atoms with Crippen LogP contribution in [0.15, 0.2) is 0 Å². The summed E-state index contributed by atoms with van der Waals surface area (Å²) in [6.45, 7) is 6.73. The molecule has 122 valence electrons. The second kappa shape index (κ2) is 15.4. The highest BCUT2D eigenvalue weighted by molar-refractivity contribution is 4.65. The van der Waals surface area contributed by atoms with Crippen molar-refractivity contribution in [2.45, 2.75) is 117 Å². The summed E-state index contributed by atoms with van der Waals surface area (Å²) in [6, 6.07) is 0. The fraction of sp³-hybridized carbons (Fsp3) is 1.00. The lowest BCUT2D eigenvalue weighted by Crippen LogP contribution is -2.17. The van der Waals surface area contributed by atoms with E-state index in [0.29, 0.717) is 5.92 Å². The van der Waals surface area contributed by atoms with Crippen molar-refractivity contribution in [2.24, 2.45) is 5.92 Å². The summed E-state index contributed by atoms with van der Waals surface area (Å²) in [5.41, 5.74) is 0. The summed E-state index contributed by atoms with van der Waals surface area (Å²) < 4.78 is 0. The number of rotatable bonds is 15. The Labute approximate surface area is 128 Å². The molecule has 0 amide bonds. The van der Waals surface area contributed by atoms with Gasteiger partial charge in [0.25, 0.3) is 0 Å². The molecule has 1 heteroatoms. The third kappa shape index (κ3) is 13.0. The molecule has 2 unspecified atom stereocenters. The maximum Gasteiger partial charge on any atom is 0.0565 e. The Hall–Kier alpha value is -0.0400. The highest BCUT2D eigenvalue weighted by Crippen LogP contribution is 2.18. The molecule has 20 heavy (non-hydrogen) atoms. The van der Waals surface area contributed by atoms with Crippen LogP contribution in [0, 0.1) is 5.92 Å². The van der Waals surface area contributed by atoms with Crippen molar-refractivity contribution in [2.75, 3.05) is 0 Å². The normalized spacial score (nSPS) is 14.4. The van der Waals surface area contributed by atoms with E-state index in [4.69, 9.17) is 0 Å². The topological polar surface area (TPSA) is 20.2 Å². The van der Waals surface area contributed by atoms with Crippen LogP contribution in [0.25, 0.3) is 0 Å². The molecule has 0 aromatic carbocycles. The Morgan fingerprint density at radius 1 is 0.600 bits per heavy atom. The van der Waals surface area contributed by atoms with E-state index in [0.717, 1.165) is 6.42 Å². The lowest BCUT2D eigenvalue weighted by Gasteiger charge is -2.18. The predicted octanol–water partition coefficient (Wildman–Crippen LogP) is 6.48. The van der Waals surface area contributed by atoms with Gasteiger partial charge in [-0.1, -0.05) is 97.8 Å². The van der Waals surface area contributed by atoms with E-state index >= 15 is 0 Å². The van der Waals surface area contributed by atoms with Gasteiger partial charge < -0.3 is 5.11 Å². The van der Waals surface area contributed by atoms with E-state index in [1.54, 1.807) is 0 Å². The first-order valence-electron chi connectivity index (χ1n) is 9.40. The number of aliphatic hydroxyl groups is 1. The molecule has 0 aliphatic carbocycles. The first-order valence-corrected chi connectivity index (χ1v) is 9.40. The van der Waals surface area contributed by atoms with Crippen LogP contribution in [0.4, 0.5) is 0 Å². The zero-order valence-electron chi connectivity index (χ0n) is 14.5. The number of hydrogen-bond acceptors (Lipinski definition) is 1. The second-order valence-electron chi connectivity index (χ2n) is 6.66. The van der Waals surface area contributed by atoms with Crippen LogP contribution >= 0.6 is 0 Å². The number of aliphatic hydroxyl groups excluding tert-OH is 1. The summed E-state index contributed by atoms with van der Waals surface area (Å²) in [5, 5.41) is 10.1. The molecule has 0 fully saturated rings. The van der Waals surface area contributed by atoms with E-state index in [1.807, 2.05) is 0 Å². The molecule has 0 bridgehead atoms. The molecule has 0 aliphatic heterocycles. The van der Waals surface area contributed by atoms with Crippen LogP contribution in [-0.2, 0) is 0 Å². The molecule has 0 aromatic rings. The Bertz CT molecular complexity index is 179. The largest absolute Gasteiger partial charge is 0.393 e. The van der Waals surface area contributed by atoms with Crippen molar-refractivity contribution < 1.29 is 5.11 Å². The average molecular weight is 285 g/mol. The predicted molar refractivity (Wildman–Crippen MR) is 91.2 cm³/mol. The van der Waals surface area contributed by atoms with Gasteiger partial charge in [0.05, 0.1) is 6.10 Å². The molecule has 0 rings (SSSR count). The monoisotopic (exact) mass is 284 g/mol. The van der Waals surface area contributed by atoms with Gasteiger partial charge in [0.1, 0.15) is 0 Å². The molecular weight excluding hydrogens is 244 g/mol. The van der Waals surface area contributed by atoms with Crippen molar-refractivity contribution >= 4 is 0 Å². The Morgan fingerprint density at radius 3 is 1.55 bits per heavy atom. The number of hydrogen-bond donors (Lipinski definition) is 1. The molecule has 1 N–H and O–H groups in total. The summed E-state index contributed by atoms with van der Waals surface area (Å²) in [4.78, 5) is 0. The standard InChI is InChI=1S/C19H40O/c1-4-6-8-9-10-11-12-13-15-17-19(20)18(3)16-14-7-5-2/h18-20H,4-17H2,1-3H3. The summed E-state index contributed by atoms with van der Waals surface area (Å²) in [6.07, 6.45) is 18.3. The third-order valence-corrected chi connectivity index (χ3v) is 4.52. The lowest BCUT2D eigenvalue weighted by molar-refractivity contribution is 0.0985. The van der Waals surface area contributed by atoms with Crippen molar-refractivity contribution in [3.8, 4) is 0 Å². The lowest BCUT2D eigenvalue weighted by atomic mass is 9.93. The van der Waals surface area contributed by atoms with E-state index in [9.17, 15) is 5.11 Å². The van der Waals surface area contributed by atoms with Crippen LogP contribution in [0.1, 0.15) is 111 Å². The van der Waals surface area contributed by atoms with Gasteiger partial charge in [-0.3, -0.25) is 0 Å². The first-order chi connectivity index (χ1) is 9.72. The molecule has 0 radical (unpaired) electrons. The molecule has 0 aliphatic rings. The molecule has 0 heterocycles. The Kier molecular flexibility index (Phi) is 15.3. The van der Waals surface area contributed by atoms with E-state index < -0.39 is 0 Å². The zero-order chi connectivity index (χ0) is 15.1. The van der Waals surface area contributed by atoms with Crippen LogP contribution in [-0.4, -0.2) is 11.2 Å². The first kappa shape index (κ1) is 20.0. The molecule has 0 aromatic heterocycles. The van der Waals surface area contributed by atoms with Crippen LogP contribution in [0.2, 0.25) is 0 Å². The van der Waals surface area contributed by atoms with Crippen molar-refractivity contribution in [3.05, 3.63) is 0 Å². The van der Waals surface area contributed by atoms with Crippen molar-refractivity contribution in [1.29, 1.82) is 0 Å². The van der Waals surface area contributed by atoms with Gasteiger partial charge in [-0.05, 0) is 18.8 Å². The summed E-state index contributed by atoms with van der Waals surface area (Å²) in [5.74, 6) is 0.496. The minimum Gasteiger partial charge on any atom is -0.393 e. The fourth-order valence-corrected chi connectivity index (χ4v) is 2.86. The molecule has 2 atom stereocenters. The van der Waals surface area contributed by atoms with Gasteiger partial charge >= 0.3 is 0 Å². The van der Waals surface area contributed by atoms with Gasteiger partial charge in [-0.2, -0.15) is 0 Å². The zero-order valence-corrected chi connectivity index (χ0v) is 14.5. The molecule has 0 spiro atoms. The minimum absolute atomic E-state index is 0.0589. The summed E-state index contributed by atoms with van der Waals surface area (Å²) >= 11 is 0. The van der Waals surface area contributed by atoms with E-state index in [2.05, 4.69) is 20.8 Å². The molecule has 1 nitrogen and oxygen atoms in total. The highest BCUT2D eigenvalue weighted by Gasteiger charge is 2.12. The highest BCUT2D eigenvalue weighted by atomic mass is 16.3. The number of unbranched alkanes of at least 4 members (excludes halogenated alkanes) is 10. The smallest absolute Gasteiger partial charge is 0.0565 e. The third-order valence-electron chi connectivity index (χ3n) is 4.52.